The number of aliphatic hydroxyl groups is 1. The summed E-state index contributed by atoms with van der Waals surface area (Å²) in [6.07, 6.45) is 0.0513. The van der Waals surface area contributed by atoms with E-state index in [9.17, 15) is 29.4 Å². The number of piperidine rings is 1. The Balaban J connectivity index is 0.851. The molecule has 13 heteroatoms. The van der Waals surface area contributed by atoms with Crippen LogP contribution in [0.2, 0.25) is 0 Å². The first kappa shape index (κ1) is 37.7. The van der Waals surface area contributed by atoms with E-state index in [1.807, 2.05) is 66.7 Å². The van der Waals surface area contributed by atoms with Crippen LogP contribution in [0.1, 0.15) is 36.5 Å². The Morgan fingerprint density at radius 2 is 1.59 bits per heavy atom. The largest absolute Gasteiger partial charge is 0.506 e. The Bertz CT molecular complexity index is 2120. The Labute approximate surface area is 312 Å². The lowest BCUT2D eigenvalue weighted by Crippen LogP contribution is -2.39. The summed E-state index contributed by atoms with van der Waals surface area (Å²) < 4.78 is 5.73. The topological polar surface area (TPSA) is 185 Å². The molecule has 1 unspecified atom stereocenters. The van der Waals surface area contributed by atoms with Crippen molar-refractivity contribution in [1.29, 1.82) is 0 Å². The van der Waals surface area contributed by atoms with Gasteiger partial charge in [-0.15, -0.1) is 0 Å². The highest BCUT2D eigenvalue weighted by atomic mass is 16.6. The van der Waals surface area contributed by atoms with Gasteiger partial charge in [0.15, 0.2) is 0 Å². The molecule has 54 heavy (non-hydrogen) atoms. The fourth-order valence-corrected chi connectivity index (χ4v) is 6.44. The predicted molar refractivity (Wildman–Crippen MR) is 207 cm³/mol. The number of aromatic hydroxyl groups is 1. The van der Waals surface area contributed by atoms with Crippen molar-refractivity contribution in [2.75, 3.05) is 43.4 Å². The first-order valence-corrected chi connectivity index (χ1v) is 18.0. The Kier molecular flexibility index (Phi) is 12.7. The minimum Gasteiger partial charge on any atom is -0.506 e. The summed E-state index contributed by atoms with van der Waals surface area (Å²) >= 11 is 0. The first-order valence-electron chi connectivity index (χ1n) is 18.0. The Morgan fingerprint density at radius 1 is 0.852 bits per heavy atom. The average molecular weight is 733 g/mol. The van der Waals surface area contributed by atoms with Gasteiger partial charge in [-0.2, -0.15) is 0 Å². The van der Waals surface area contributed by atoms with Gasteiger partial charge in [-0.3, -0.25) is 19.7 Å². The van der Waals surface area contributed by atoms with E-state index in [1.165, 1.54) is 18.2 Å². The van der Waals surface area contributed by atoms with Crippen LogP contribution in [-0.4, -0.2) is 76.8 Å². The summed E-state index contributed by atoms with van der Waals surface area (Å²) in [5.74, 6) is -0.460. The van der Waals surface area contributed by atoms with Gasteiger partial charge >= 0.3 is 6.09 Å². The lowest BCUT2D eigenvalue weighted by atomic mass is 10.0. The van der Waals surface area contributed by atoms with Crippen molar-refractivity contribution in [2.45, 2.75) is 38.0 Å². The van der Waals surface area contributed by atoms with Gasteiger partial charge in [0.05, 0.1) is 23.9 Å². The number of likely N-dealkylation sites (tertiary alicyclic amines) is 1. The molecular formula is C41H44N6O7. The number of hydrogen-bond donors (Lipinski definition) is 7. The van der Waals surface area contributed by atoms with Gasteiger partial charge in [0, 0.05) is 61.8 Å². The summed E-state index contributed by atoms with van der Waals surface area (Å²) in [7, 11) is 0. The number of aliphatic hydroxyl groups excluding tert-OH is 1. The molecule has 3 amide bonds. The number of carbonyl (C=O) groups excluding carboxylic acids is 3. The van der Waals surface area contributed by atoms with Gasteiger partial charge in [0.2, 0.25) is 17.4 Å². The Hall–Kier alpha value is -6.02. The van der Waals surface area contributed by atoms with Crippen LogP contribution in [0.15, 0.2) is 108 Å². The van der Waals surface area contributed by atoms with Gasteiger partial charge in [0.25, 0.3) is 0 Å². The second-order valence-corrected chi connectivity index (χ2v) is 13.2. The number of nitrogens with zero attached hydrogens (tertiary/aromatic N) is 1. The molecule has 6 rings (SSSR count). The van der Waals surface area contributed by atoms with E-state index < -0.39 is 12.2 Å². The molecule has 4 aromatic carbocycles. The maximum Gasteiger partial charge on any atom is 0.411 e. The number of amides is 3. The van der Waals surface area contributed by atoms with Crippen LogP contribution in [-0.2, 0) is 20.9 Å². The monoisotopic (exact) mass is 732 g/mol. The van der Waals surface area contributed by atoms with Crippen molar-refractivity contribution < 1.29 is 29.3 Å². The molecule has 7 N–H and O–H groups in total. The number of rotatable bonds is 14. The number of fused-ring (bicyclic) bond motifs is 1. The van der Waals surface area contributed by atoms with Gasteiger partial charge in [-0.25, -0.2) is 4.79 Å². The van der Waals surface area contributed by atoms with Gasteiger partial charge < -0.3 is 40.8 Å². The molecule has 1 aliphatic rings. The quantitative estimate of drug-likeness (QED) is 0.0836. The van der Waals surface area contributed by atoms with Gasteiger partial charge in [0.1, 0.15) is 11.9 Å². The van der Waals surface area contributed by atoms with Gasteiger partial charge in [-0.05, 0) is 59.9 Å². The molecule has 5 aromatic rings. The molecular weight excluding hydrogens is 688 g/mol. The summed E-state index contributed by atoms with van der Waals surface area (Å²) in [5.41, 5.74) is 4.52. The number of nitrogens with one attached hydrogen (secondary N) is 5. The maximum atomic E-state index is 12.7. The van der Waals surface area contributed by atoms with E-state index >= 15 is 0 Å². The predicted octanol–water partition coefficient (Wildman–Crippen LogP) is 4.88. The van der Waals surface area contributed by atoms with E-state index in [0.29, 0.717) is 48.1 Å². The third-order valence-electron chi connectivity index (χ3n) is 9.33. The second kappa shape index (κ2) is 18.1. The molecule has 1 aliphatic heterocycles. The lowest BCUT2D eigenvalue weighted by Gasteiger charge is -2.31. The Morgan fingerprint density at radius 3 is 2.37 bits per heavy atom. The first-order chi connectivity index (χ1) is 26.2. The molecule has 0 spiro atoms. The van der Waals surface area contributed by atoms with E-state index in [2.05, 4.69) is 31.2 Å². The van der Waals surface area contributed by atoms with Crippen molar-refractivity contribution in [3.8, 4) is 16.9 Å². The zero-order valence-corrected chi connectivity index (χ0v) is 29.7. The number of phenols is 1. The number of anilines is 2. The van der Waals surface area contributed by atoms with Crippen LogP contribution in [0.3, 0.4) is 0 Å². The van der Waals surface area contributed by atoms with E-state index in [4.69, 9.17) is 4.74 Å². The zero-order chi connectivity index (χ0) is 37.9. The fourth-order valence-electron chi connectivity index (χ4n) is 6.44. The molecule has 1 atom stereocenters. The molecule has 0 bridgehead atoms. The molecule has 0 saturated carbocycles. The molecule has 280 valence electrons. The molecule has 1 aromatic heterocycles. The highest BCUT2D eigenvalue weighted by Gasteiger charge is 2.23. The maximum absolute atomic E-state index is 12.7. The second-order valence-electron chi connectivity index (χ2n) is 13.2. The third-order valence-corrected chi connectivity index (χ3v) is 9.33. The highest BCUT2D eigenvalue weighted by Crippen LogP contribution is 2.29. The average Bonchev–Trinajstić information content (AvgIpc) is 3.18. The number of benzene rings is 4. The van der Waals surface area contributed by atoms with Crippen molar-refractivity contribution in [3.05, 3.63) is 125 Å². The number of hydrogen-bond acceptors (Lipinski definition) is 9. The van der Waals surface area contributed by atoms with Crippen molar-refractivity contribution in [1.82, 2.24) is 20.5 Å². The number of H-pyrrole nitrogens is 1. The van der Waals surface area contributed by atoms with Crippen molar-refractivity contribution in [2.24, 2.45) is 0 Å². The number of phenolic OH excluding ortho intramolecular Hbond substituents is 1. The van der Waals surface area contributed by atoms with E-state index in [0.717, 1.165) is 29.8 Å². The highest BCUT2D eigenvalue weighted by molar-refractivity contribution is 5.92. The number of pyridine rings is 1. The van der Waals surface area contributed by atoms with Crippen LogP contribution in [0.4, 0.5) is 16.2 Å². The summed E-state index contributed by atoms with van der Waals surface area (Å²) in [5, 5.41) is 32.8. The fraction of sp³-hybridized carbons (Fsp3) is 0.268. The van der Waals surface area contributed by atoms with Gasteiger partial charge in [-0.1, -0.05) is 66.7 Å². The van der Waals surface area contributed by atoms with Crippen LogP contribution in [0.5, 0.6) is 5.75 Å². The summed E-state index contributed by atoms with van der Waals surface area (Å²) in [4.78, 5) is 54.2. The number of para-hydroxylation sites is 1. The lowest BCUT2D eigenvalue weighted by molar-refractivity contribution is -0.120. The molecule has 13 nitrogen and oxygen atoms in total. The summed E-state index contributed by atoms with van der Waals surface area (Å²) in [6.45, 7) is 2.38. The number of ether oxygens (including phenoxy) is 1. The van der Waals surface area contributed by atoms with Crippen molar-refractivity contribution >= 4 is 40.2 Å². The van der Waals surface area contributed by atoms with E-state index in [1.54, 1.807) is 18.2 Å². The standard InChI is InChI=1S/C41H44N6O7/c48-35-16-14-32(33-15-17-37(50)46-40(33)35)36(49)25-42-26-39(52)43-24-27-10-12-29(13-11-27)44-38(51)20-23-47-21-18-30(19-22-47)54-41(53)45-34-9-5-4-8-31(34)28-6-2-1-3-7-28/h1-17,30,36,42,48-49H,18-26H2,(H,43,52)(H,44,51)(H,45,53)(H,46,50). The van der Waals surface area contributed by atoms with Crippen LogP contribution >= 0.6 is 0 Å². The minimum atomic E-state index is -0.975. The molecule has 2 heterocycles. The van der Waals surface area contributed by atoms with Crippen molar-refractivity contribution in [3.63, 3.8) is 0 Å². The number of aromatic nitrogens is 1. The molecule has 0 aliphatic carbocycles. The smallest absolute Gasteiger partial charge is 0.411 e. The normalized spacial score (nSPS) is 13.9. The summed E-state index contributed by atoms with van der Waals surface area (Å²) in [6, 6.07) is 30.6. The third kappa shape index (κ3) is 10.3. The van der Waals surface area contributed by atoms with Crippen LogP contribution in [0.25, 0.3) is 22.0 Å². The molecule has 0 radical (unpaired) electrons. The zero-order valence-electron chi connectivity index (χ0n) is 29.7. The minimum absolute atomic E-state index is 0.0255. The van der Waals surface area contributed by atoms with E-state index in [-0.39, 0.29) is 54.4 Å². The van der Waals surface area contributed by atoms with Crippen LogP contribution in [0, 0.1) is 0 Å². The molecule has 1 fully saturated rings. The number of aromatic amines is 1. The number of carbonyl (C=O) groups is 3. The molecule has 1 saturated heterocycles. The SMILES string of the molecule is O=C(CNCC(O)c1ccc(O)c2[nH]c(=O)ccc12)NCc1ccc(NC(=O)CCN2CCC(OC(=O)Nc3ccccc3-c3ccccc3)CC2)cc1. The van der Waals surface area contributed by atoms with Crippen LogP contribution < -0.4 is 26.8 Å².